The molecule has 0 aliphatic carbocycles. The molecule has 1 heterocycles. The van der Waals surface area contributed by atoms with E-state index in [1.54, 1.807) is 42.5 Å². The topological polar surface area (TPSA) is 187 Å². The molecule has 0 aliphatic rings. The lowest BCUT2D eigenvalue weighted by molar-refractivity contribution is -0.158. The van der Waals surface area contributed by atoms with Crippen molar-refractivity contribution < 1.29 is 43.5 Å². The Bertz CT molecular complexity index is 1270. The first-order valence-corrected chi connectivity index (χ1v) is 13.0. The smallest absolute Gasteiger partial charge is 0.324 e. The number of aromatic nitrogens is 1. The van der Waals surface area contributed by atoms with E-state index in [0.29, 0.717) is 11.9 Å². The number of hydrogen-bond donors (Lipinski definition) is 6. The molecule has 6 N–H and O–H groups in total. The number of nitrogens with zero attached hydrogens (tertiary/aromatic N) is 1. The van der Waals surface area contributed by atoms with E-state index < -0.39 is 59.7 Å². The number of nitrogens with one attached hydrogen (secondary N) is 1. The number of ether oxygens (including phenoxy) is 1. The molecule has 0 bridgehead atoms. The van der Waals surface area contributed by atoms with Crippen LogP contribution in [-0.4, -0.2) is 88.6 Å². The normalized spacial score (nSPS) is 16.0. The van der Waals surface area contributed by atoms with Crippen molar-refractivity contribution in [2.75, 3.05) is 13.2 Å². The second-order valence-electron chi connectivity index (χ2n) is 8.47. The van der Waals surface area contributed by atoms with Crippen LogP contribution < -0.4 is 4.72 Å². The average molecular weight is 535 g/mol. The quantitative estimate of drug-likeness (QED) is 0.156. The molecule has 0 aliphatic heterocycles. The predicted octanol–water partition coefficient (Wildman–Crippen LogP) is -0.506. The van der Waals surface area contributed by atoms with Crippen molar-refractivity contribution >= 4 is 26.9 Å². The van der Waals surface area contributed by atoms with Gasteiger partial charge in [-0.25, -0.2) is 13.4 Å². The van der Waals surface area contributed by atoms with Crippen LogP contribution in [0.4, 0.5) is 0 Å². The summed E-state index contributed by atoms with van der Waals surface area (Å²) in [5.74, 6) is -1.02. The second-order valence-corrected chi connectivity index (χ2v) is 10.1. The maximum absolute atomic E-state index is 13.1. The molecule has 0 fully saturated rings. The molecule has 0 spiro atoms. The van der Waals surface area contributed by atoms with Crippen LogP contribution in [0.15, 0.2) is 71.8 Å². The van der Waals surface area contributed by atoms with E-state index in [0.717, 1.165) is 10.9 Å². The standard InChI is InChI=1S/C25H30N2O9S/c28-14-20(29)23(31)24(32)21(30)15-36-25(33)19(12-10-16-6-2-1-3-7-16)27-37(34,35)22-13-11-17-8-4-5-9-18(17)26-22/h1-9,11,13,19-21,23-24,27-32H,10,12,14-15H2/t19-,20+,21+,23+,24+/m0/s1. The highest BCUT2D eigenvalue weighted by Gasteiger charge is 2.33. The zero-order valence-electron chi connectivity index (χ0n) is 19.8. The third-order valence-corrected chi connectivity index (χ3v) is 7.09. The van der Waals surface area contributed by atoms with Gasteiger partial charge in [0.25, 0.3) is 10.0 Å². The summed E-state index contributed by atoms with van der Waals surface area (Å²) in [5.41, 5.74) is 1.30. The van der Waals surface area contributed by atoms with E-state index in [1.165, 1.54) is 6.07 Å². The van der Waals surface area contributed by atoms with E-state index in [9.17, 15) is 33.6 Å². The number of aryl methyl sites for hydroxylation is 1. The van der Waals surface area contributed by atoms with Gasteiger partial charge in [0.2, 0.25) is 0 Å². The number of fused-ring (bicyclic) bond motifs is 1. The Hall–Kier alpha value is -2.97. The minimum atomic E-state index is -4.26. The molecule has 11 nitrogen and oxygen atoms in total. The number of sulfonamides is 1. The lowest BCUT2D eigenvalue weighted by Crippen LogP contribution is -2.48. The van der Waals surface area contributed by atoms with Gasteiger partial charge in [-0.1, -0.05) is 48.5 Å². The maximum atomic E-state index is 13.1. The number of aliphatic hydroxyl groups excluding tert-OH is 5. The van der Waals surface area contributed by atoms with Gasteiger partial charge in [-0.05, 0) is 36.6 Å². The number of pyridine rings is 1. The largest absolute Gasteiger partial charge is 0.462 e. The third-order valence-electron chi connectivity index (χ3n) is 5.72. The number of hydrogen-bond acceptors (Lipinski definition) is 10. The first-order chi connectivity index (χ1) is 17.6. The van der Waals surface area contributed by atoms with Gasteiger partial charge in [-0.15, -0.1) is 0 Å². The molecular weight excluding hydrogens is 504 g/mol. The van der Waals surface area contributed by atoms with Crippen molar-refractivity contribution in [3.8, 4) is 0 Å². The molecule has 3 rings (SSSR count). The zero-order valence-corrected chi connectivity index (χ0v) is 20.6. The van der Waals surface area contributed by atoms with Crippen LogP contribution in [0.5, 0.6) is 0 Å². The summed E-state index contributed by atoms with van der Waals surface area (Å²) in [6.07, 6.45) is -7.03. The summed E-state index contributed by atoms with van der Waals surface area (Å²) in [7, 11) is -4.26. The highest BCUT2D eigenvalue weighted by atomic mass is 32.2. The molecule has 200 valence electrons. The van der Waals surface area contributed by atoms with Gasteiger partial charge in [0, 0.05) is 5.39 Å². The van der Waals surface area contributed by atoms with Crippen molar-refractivity contribution in [3.05, 3.63) is 72.3 Å². The highest BCUT2D eigenvalue weighted by molar-refractivity contribution is 7.89. The first kappa shape index (κ1) is 28.6. The molecule has 5 atom stereocenters. The number of para-hydroxylation sites is 1. The molecule has 0 saturated carbocycles. The Morgan fingerprint density at radius 1 is 0.892 bits per heavy atom. The second kappa shape index (κ2) is 13.0. The number of rotatable bonds is 13. The van der Waals surface area contributed by atoms with Gasteiger partial charge in [-0.3, -0.25) is 4.79 Å². The van der Waals surface area contributed by atoms with Gasteiger partial charge >= 0.3 is 5.97 Å². The van der Waals surface area contributed by atoms with Crippen molar-refractivity contribution in [1.29, 1.82) is 0 Å². The Kier molecular flexibility index (Phi) is 10.1. The van der Waals surface area contributed by atoms with Gasteiger partial charge in [-0.2, -0.15) is 4.72 Å². The van der Waals surface area contributed by atoms with Crippen LogP contribution >= 0.6 is 0 Å². The van der Waals surface area contributed by atoms with Gasteiger partial charge in [0.05, 0.1) is 12.1 Å². The molecule has 0 saturated heterocycles. The van der Waals surface area contributed by atoms with Crippen molar-refractivity contribution in [2.45, 2.75) is 48.3 Å². The van der Waals surface area contributed by atoms with Crippen LogP contribution in [0.1, 0.15) is 12.0 Å². The van der Waals surface area contributed by atoms with Gasteiger partial charge in [0.15, 0.2) is 5.03 Å². The van der Waals surface area contributed by atoms with Crippen LogP contribution in [0.25, 0.3) is 10.9 Å². The summed E-state index contributed by atoms with van der Waals surface area (Å²) < 4.78 is 33.5. The van der Waals surface area contributed by atoms with Crippen LogP contribution in [0.2, 0.25) is 0 Å². The summed E-state index contributed by atoms with van der Waals surface area (Å²) in [6.45, 7) is -1.66. The lowest BCUT2D eigenvalue weighted by atomic mass is 10.0. The molecule has 1 aromatic heterocycles. The molecule has 0 amide bonds. The lowest BCUT2D eigenvalue weighted by Gasteiger charge is -2.26. The monoisotopic (exact) mass is 534 g/mol. The number of esters is 1. The number of carbonyl (C=O) groups is 1. The number of carbonyl (C=O) groups excluding carboxylic acids is 1. The summed E-state index contributed by atoms with van der Waals surface area (Å²) in [6, 6.07) is 17.5. The molecule has 12 heteroatoms. The fourth-order valence-electron chi connectivity index (χ4n) is 3.56. The zero-order chi connectivity index (χ0) is 27.0. The fraction of sp³-hybridized carbons (Fsp3) is 0.360. The van der Waals surface area contributed by atoms with Crippen molar-refractivity contribution in [1.82, 2.24) is 9.71 Å². The van der Waals surface area contributed by atoms with E-state index >= 15 is 0 Å². The first-order valence-electron chi connectivity index (χ1n) is 11.5. The molecule has 2 aromatic carbocycles. The molecule has 0 unspecified atom stereocenters. The van der Waals surface area contributed by atoms with Crippen LogP contribution in [-0.2, 0) is 26.0 Å². The Labute approximate surface area is 214 Å². The Morgan fingerprint density at radius 2 is 1.54 bits per heavy atom. The summed E-state index contributed by atoms with van der Waals surface area (Å²) >= 11 is 0. The maximum Gasteiger partial charge on any atom is 0.324 e. The Morgan fingerprint density at radius 3 is 2.24 bits per heavy atom. The van der Waals surface area contributed by atoms with Gasteiger partial charge in [0.1, 0.15) is 37.1 Å². The number of benzene rings is 2. The Balaban J connectivity index is 1.75. The van der Waals surface area contributed by atoms with Gasteiger partial charge < -0.3 is 30.3 Å². The van der Waals surface area contributed by atoms with E-state index in [4.69, 9.17) is 9.84 Å². The minimum Gasteiger partial charge on any atom is -0.462 e. The van der Waals surface area contributed by atoms with Crippen molar-refractivity contribution in [3.63, 3.8) is 0 Å². The highest BCUT2D eigenvalue weighted by Crippen LogP contribution is 2.17. The predicted molar refractivity (Wildman–Crippen MR) is 133 cm³/mol. The molecule has 0 radical (unpaired) electrons. The van der Waals surface area contributed by atoms with Crippen molar-refractivity contribution in [2.24, 2.45) is 0 Å². The average Bonchev–Trinajstić information content (AvgIpc) is 2.92. The van der Waals surface area contributed by atoms with Crippen LogP contribution in [0.3, 0.4) is 0 Å². The van der Waals surface area contributed by atoms with E-state index in [1.807, 2.05) is 18.2 Å². The molecule has 37 heavy (non-hydrogen) atoms. The summed E-state index contributed by atoms with van der Waals surface area (Å²) in [4.78, 5) is 17.0. The fourth-order valence-corrected chi connectivity index (χ4v) is 4.73. The van der Waals surface area contributed by atoms with E-state index in [-0.39, 0.29) is 11.4 Å². The van der Waals surface area contributed by atoms with Crippen LogP contribution in [0, 0.1) is 0 Å². The third kappa shape index (κ3) is 7.76. The molecular formula is C25H30N2O9S. The SMILES string of the molecule is O=C(OC[C@@H](O)[C@@H](O)[C@H](O)[C@H](O)CO)[C@H](CCc1ccccc1)NS(=O)(=O)c1ccc2ccccc2n1. The number of aliphatic hydroxyl groups is 5. The molecule has 3 aromatic rings. The minimum absolute atomic E-state index is 0.0140. The van der Waals surface area contributed by atoms with E-state index in [2.05, 4.69) is 9.71 Å². The summed E-state index contributed by atoms with van der Waals surface area (Å²) in [5, 5.41) is 48.5.